The fourth-order valence-electron chi connectivity index (χ4n) is 0.910. The molecule has 80 valence electrons. The second-order valence-corrected chi connectivity index (χ2v) is 3.69. The fourth-order valence-corrected chi connectivity index (χ4v) is 1.70. The molecule has 1 aromatic heterocycles. The minimum Gasteiger partial charge on any atom is -0.254 e. The maximum atomic E-state index is 12.4. The Kier molecular flexibility index (Phi) is 2.30. The number of hydrogen-bond acceptors (Lipinski definition) is 3. The van der Waals surface area contributed by atoms with Gasteiger partial charge in [0.2, 0.25) is 0 Å². The Morgan fingerprint density at radius 1 is 1.43 bits per heavy atom. The van der Waals surface area contributed by atoms with Gasteiger partial charge in [-0.3, -0.25) is 4.68 Å². The molecule has 0 amide bonds. The average Bonchev–Trinajstić information content (AvgIpc) is 2.27. The number of hydrogen-bond donors (Lipinski definition) is 0. The Balaban J connectivity index is 3.51. The molecule has 1 rings (SSSR count). The predicted molar refractivity (Wildman–Crippen MR) is 36.5 cm³/mol. The lowest BCUT2D eigenvalue weighted by Crippen LogP contribution is -2.11. The SMILES string of the molecule is Cn1ncc(C(F)(F)F)c1S(=O)(=O)F. The highest BCUT2D eigenvalue weighted by Gasteiger charge is 2.40. The molecule has 0 atom stereocenters. The van der Waals surface area contributed by atoms with Gasteiger partial charge in [-0.05, 0) is 0 Å². The minimum absolute atomic E-state index is 0.256. The smallest absolute Gasteiger partial charge is 0.254 e. The molecular formula is C5H4F4N2O2S. The summed E-state index contributed by atoms with van der Waals surface area (Å²) in [5, 5.41) is 1.55. The van der Waals surface area contributed by atoms with Gasteiger partial charge in [0, 0.05) is 7.05 Å². The standard InChI is InChI=1S/C5H4F4N2O2S/c1-11-4(14(9,12)13)3(2-10-11)5(6,7)8/h2H,1H3. The first kappa shape index (κ1) is 11.0. The molecular weight excluding hydrogens is 228 g/mol. The van der Waals surface area contributed by atoms with Gasteiger partial charge in [-0.25, -0.2) is 0 Å². The summed E-state index contributed by atoms with van der Waals surface area (Å²) in [5.41, 5.74) is -1.61. The quantitative estimate of drug-likeness (QED) is 0.538. The third-order valence-corrected chi connectivity index (χ3v) is 2.37. The van der Waals surface area contributed by atoms with Gasteiger partial charge in [0.15, 0.2) is 5.03 Å². The number of aromatic nitrogens is 2. The Morgan fingerprint density at radius 3 is 2.21 bits per heavy atom. The first-order valence-electron chi connectivity index (χ1n) is 3.18. The van der Waals surface area contributed by atoms with Crippen molar-refractivity contribution in [2.45, 2.75) is 11.2 Å². The van der Waals surface area contributed by atoms with Gasteiger partial charge < -0.3 is 0 Å². The van der Waals surface area contributed by atoms with E-state index in [1.165, 1.54) is 0 Å². The zero-order valence-corrected chi connectivity index (χ0v) is 7.52. The van der Waals surface area contributed by atoms with Crippen molar-refractivity contribution < 1.29 is 25.5 Å². The van der Waals surface area contributed by atoms with Crippen LogP contribution in [0.1, 0.15) is 5.56 Å². The predicted octanol–water partition coefficient (Wildman–Crippen LogP) is 1.10. The van der Waals surface area contributed by atoms with E-state index >= 15 is 0 Å². The van der Waals surface area contributed by atoms with Crippen LogP contribution in [-0.4, -0.2) is 18.2 Å². The molecule has 0 aliphatic carbocycles. The second kappa shape index (κ2) is 2.94. The zero-order valence-electron chi connectivity index (χ0n) is 6.71. The highest BCUT2D eigenvalue weighted by molar-refractivity contribution is 7.86. The van der Waals surface area contributed by atoms with Crippen molar-refractivity contribution >= 4 is 10.2 Å². The largest absolute Gasteiger partial charge is 0.420 e. The molecule has 4 nitrogen and oxygen atoms in total. The Hall–Kier alpha value is -1.12. The van der Waals surface area contributed by atoms with Crippen LogP contribution in [0.3, 0.4) is 0 Å². The van der Waals surface area contributed by atoms with Crippen LogP contribution in [0, 0.1) is 0 Å². The lowest BCUT2D eigenvalue weighted by Gasteiger charge is -2.04. The summed E-state index contributed by atoms with van der Waals surface area (Å²) in [6.45, 7) is 0. The van der Waals surface area contributed by atoms with E-state index in [1.807, 2.05) is 0 Å². The van der Waals surface area contributed by atoms with Gasteiger partial charge in [-0.2, -0.15) is 26.7 Å². The maximum Gasteiger partial charge on any atom is 0.420 e. The molecule has 0 N–H and O–H groups in total. The number of rotatable bonds is 1. The molecule has 0 aliphatic rings. The summed E-state index contributed by atoms with van der Waals surface area (Å²) in [6.07, 6.45) is -4.69. The van der Waals surface area contributed by atoms with Crippen LogP contribution in [0.15, 0.2) is 11.2 Å². The van der Waals surface area contributed by atoms with Crippen LogP contribution in [0.5, 0.6) is 0 Å². The fraction of sp³-hybridized carbons (Fsp3) is 0.400. The van der Waals surface area contributed by atoms with Gasteiger partial charge in [-0.1, -0.05) is 3.89 Å². The third-order valence-electron chi connectivity index (χ3n) is 1.42. The molecule has 9 heteroatoms. The molecule has 0 radical (unpaired) electrons. The maximum absolute atomic E-state index is 12.4. The molecule has 0 spiro atoms. The van der Waals surface area contributed by atoms with Crippen LogP contribution in [0.2, 0.25) is 0 Å². The first-order valence-corrected chi connectivity index (χ1v) is 4.56. The molecule has 0 saturated heterocycles. The van der Waals surface area contributed by atoms with E-state index in [-0.39, 0.29) is 6.20 Å². The summed E-state index contributed by atoms with van der Waals surface area (Å²) >= 11 is 0. The van der Waals surface area contributed by atoms with Crippen molar-refractivity contribution in [2.75, 3.05) is 0 Å². The number of halogens is 4. The average molecular weight is 232 g/mol. The molecule has 0 bridgehead atoms. The lowest BCUT2D eigenvalue weighted by atomic mass is 10.3. The number of aryl methyl sites for hydroxylation is 1. The molecule has 1 heterocycles. The van der Waals surface area contributed by atoms with Crippen LogP contribution >= 0.6 is 0 Å². The van der Waals surface area contributed by atoms with Gasteiger partial charge in [-0.15, -0.1) is 0 Å². The van der Waals surface area contributed by atoms with E-state index in [9.17, 15) is 25.5 Å². The molecule has 1 aromatic rings. The van der Waals surface area contributed by atoms with Crippen LogP contribution in [0.25, 0.3) is 0 Å². The molecule has 14 heavy (non-hydrogen) atoms. The monoisotopic (exact) mass is 232 g/mol. The summed E-state index contributed by atoms with van der Waals surface area (Å²) < 4.78 is 69.8. The van der Waals surface area contributed by atoms with Gasteiger partial charge >= 0.3 is 16.4 Å². The summed E-state index contributed by atoms with van der Waals surface area (Å²) in [5.74, 6) is 0. The van der Waals surface area contributed by atoms with Crippen molar-refractivity contribution in [3.05, 3.63) is 11.8 Å². The molecule has 0 fully saturated rings. The summed E-state index contributed by atoms with van der Waals surface area (Å²) in [7, 11) is -4.52. The van der Waals surface area contributed by atoms with Crippen LogP contribution in [-0.2, 0) is 23.4 Å². The van der Waals surface area contributed by atoms with Crippen LogP contribution < -0.4 is 0 Å². The Labute approximate surface area is 76.4 Å². The molecule has 0 unspecified atom stereocenters. The Morgan fingerprint density at radius 2 is 1.93 bits per heavy atom. The first-order chi connectivity index (χ1) is 6.14. The van der Waals surface area contributed by atoms with Crippen molar-refractivity contribution in [1.29, 1.82) is 0 Å². The van der Waals surface area contributed by atoms with Crippen molar-refractivity contribution in [3.8, 4) is 0 Å². The molecule has 0 aliphatic heterocycles. The third kappa shape index (κ3) is 1.86. The Bertz CT molecular complexity index is 447. The van der Waals surface area contributed by atoms with E-state index in [2.05, 4.69) is 5.10 Å². The van der Waals surface area contributed by atoms with Crippen molar-refractivity contribution in [2.24, 2.45) is 7.05 Å². The van der Waals surface area contributed by atoms with E-state index in [4.69, 9.17) is 0 Å². The van der Waals surface area contributed by atoms with E-state index < -0.39 is 27.0 Å². The van der Waals surface area contributed by atoms with E-state index in [0.29, 0.717) is 4.68 Å². The topological polar surface area (TPSA) is 52.0 Å². The van der Waals surface area contributed by atoms with Crippen molar-refractivity contribution in [1.82, 2.24) is 9.78 Å². The van der Waals surface area contributed by atoms with Gasteiger partial charge in [0.05, 0.1) is 6.20 Å². The summed E-state index contributed by atoms with van der Waals surface area (Å²) in [4.78, 5) is 0. The number of alkyl halides is 3. The minimum atomic E-state index is -5.42. The highest BCUT2D eigenvalue weighted by atomic mass is 32.3. The van der Waals surface area contributed by atoms with Crippen LogP contribution in [0.4, 0.5) is 17.1 Å². The number of nitrogens with zero attached hydrogens (tertiary/aromatic N) is 2. The lowest BCUT2D eigenvalue weighted by molar-refractivity contribution is -0.140. The molecule has 0 saturated carbocycles. The normalized spacial score (nSPS) is 13.2. The van der Waals surface area contributed by atoms with Crippen molar-refractivity contribution in [3.63, 3.8) is 0 Å². The van der Waals surface area contributed by atoms with Gasteiger partial charge in [0.1, 0.15) is 5.56 Å². The highest BCUT2D eigenvalue weighted by Crippen LogP contribution is 2.34. The van der Waals surface area contributed by atoms with E-state index in [0.717, 1.165) is 7.05 Å². The van der Waals surface area contributed by atoms with Gasteiger partial charge in [0.25, 0.3) is 0 Å². The summed E-state index contributed by atoms with van der Waals surface area (Å²) in [6, 6.07) is 0. The zero-order chi connectivity index (χ0) is 11.1. The van der Waals surface area contributed by atoms with E-state index in [1.54, 1.807) is 0 Å². The molecule has 0 aromatic carbocycles. The second-order valence-electron chi connectivity index (χ2n) is 2.42.